The number of aromatic nitrogens is 3. The van der Waals surface area contributed by atoms with E-state index in [2.05, 4.69) is 15.6 Å². The smallest absolute Gasteiger partial charge is 0.185 e. The molecule has 2 heterocycles. The second-order valence-corrected chi connectivity index (χ2v) is 4.17. The van der Waals surface area contributed by atoms with Gasteiger partial charge in [-0.15, -0.1) is 5.10 Å². The molecule has 1 saturated heterocycles. The minimum Gasteiger partial charge on any atom is -0.375 e. The van der Waals surface area contributed by atoms with Gasteiger partial charge in [-0.25, -0.2) is 4.68 Å². The highest BCUT2D eigenvalue weighted by molar-refractivity contribution is 5.94. The SMILES string of the molecule is CCCn1nncc1C(=O)CC1CNCCO1. The number of nitrogens with zero attached hydrogens (tertiary/aromatic N) is 3. The number of hydrogen-bond donors (Lipinski definition) is 1. The lowest BCUT2D eigenvalue weighted by Crippen LogP contribution is -2.39. The zero-order valence-corrected chi connectivity index (χ0v) is 10.1. The number of morpholine rings is 1. The summed E-state index contributed by atoms with van der Waals surface area (Å²) in [6.07, 6.45) is 2.84. The first kappa shape index (κ1) is 12.2. The first-order valence-corrected chi connectivity index (χ1v) is 6.05. The predicted octanol–water partition coefficient (Wildman–Crippen LogP) is 0.249. The number of hydrogen-bond acceptors (Lipinski definition) is 5. The van der Waals surface area contributed by atoms with Crippen LogP contribution >= 0.6 is 0 Å². The molecular weight excluding hydrogens is 220 g/mol. The highest BCUT2D eigenvalue weighted by Crippen LogP contribution is 2.08. The van der Waals surface area contributed by atoms with E-state index in [0.717, 1.165) is 26.1 Å². The van der Waals surface area contributed by atoms with Gasteiger partial charge in [0.1, 0.15) is 5.69 Å². The highest BCUT2D eigenvalue weighted by Gasteiger charge is 2.20. The molecule has 0 aliphatic carbocycles. The largest absolute Gasteiger partial charge is 0.375 e. The summed E-state index contributed by atoms with van der Waals surface area (Å²) in [7, 11) is 0. The molecule has 6 nitrogen and oxygen atoms in total. The van der Waals surface area contributed by atoms with Crippen LogP contribution in [-0.2, 0) is 11.3 Å². The number of ether oxygens (including phenoxy) is 1. The Bertz CT molecular complexity index is 371. The van der Waals surface area contributed by atoms with Crippen molar-refractivity contribution in [2.45, 2.75) is 32.4 Å². The van der Waals surface area contributed by atoms with Gasteiger partial charge in [0.05, 0.1) is 18.9 Å². The number of Topliss-reactive ketones (excluding diaryl/α,β-unsaturated/α-hetero) is 1. The van der Waals surface area contributed by atoms with Gasteiger partial charge >= 0.3 is 0 Å². The molecule has 1 aromatic rings. The summed E-state index contributed by atoms with van der Waals surface area (Å²) in [6.45, 7) is 5.04. The summed E-state index contributed by atoms with van der Waals surface area (Å²) in [5.74, 6) is 0.0529. The molecule has 0 saturated carbocycles. The lowest BCUT2D eigenvalue weighted by molar-refractivity contribution is 0.0237. The van der Waals surface area contributed by atoms with E-state index >= 15 is 0 Å². The zero-order valence-electron chi connectivity index (χ0n) is 10.1. The van der Waals surface area contributed by atoms with Crippen LogP contribution in [0.2, 0.25) is 0 Å². The van der Waals surface area contributed by atoms with Crippen molar-refractivity contribution in [2.75, 3.05) is 19.7 Å². The number of ketones is 1. The maximum atomic E-state index is 12.1. The fourth-order valence-corrected chi connectivity index (χ4v) is 1.91. The van der Waals surface area contributed by atoms with Crippen LogP contribution in [0.1, 0.15) is 30.3 Å². The van der Waals surface area contributed by atoms with Crippen molar-refractivity contribution in [1.29, 1.82) is 0 Å². The van der Waals surface area contributed by atoms with Gasteiger partial charge in [0.2, 0.25) is 0 Å². The third-order valence-corrected chi connectivity index (χ3v) is 2.76. The number of carbonyl (C=O) groups excluding carboxylic acids is 1. The van der Waals surface area contributed by atoms with E-state index in [1.54, 1.807) is 4.68 Å². The monoisotopic (exact) mass is 238 g/mol. The molecule has 1 N–H and O–H groups in total. The Hall–Kier alpha value is -1.27. The Morgan fingerprint density at radius 1 is 1.71 bits per heavy atom. The molecule has 0 aromatic carbocycles. The van der Waals surface area contributed by atoms with E-state index in [0.29, 0.717) is 18.7 Å². The standard InChI is InChI=1S/C11H18N4O2/c1-2-4-15-10(8-13-14-15)11(16)6-9-7-12-3-5-17-9/h8-9,12H,2-7H2,1H3. The molecule has 0 spiro atoms. The molecular formula is C11H18N4O2. The van der Waals surface area contributed by atoms with Crippen LogP contribution in [0.5, 0.6) is 0 Å². The second kappa shape index (κ2) is 5.88. The summed E-state index contributed by atoms with van der Waals surface area (Å²) >= 11 is 0. The molecule has 2 rings (SSSR count). The molecule has 1 aliphatic rings. The summed E-state index contributed by atoms with van der Waals surface area (Å²) in [5, 5.41) is 10.9. The van der Waals surface area contributed by atoms with Gasteiger partial charge in [0.25, 0.3) is 0 Å². The molecule has 6 heteroatoms. The highest BCUT2D eigenvalue weighted by atomic mass is 16.5. The van der Waals surface area contributed by atoms with E-state index in [9.17, 15) is 4.79 Å². The Kier molecular flexibility index (Phi) is 4.22. The topological polar surface area (TPSA) is 69.0 Å². The van der Waals surface area contributed by atoms with E-state index in [1.165, 1.54) is 6.20 Å². The Morgan fingerprint density at radius 2 is 2.59 bits per heavy atom. The number of rotatable bonds is 5. The van der Waals surface area contributed by atoms with Crippen LogP contribution in [0.3, 0.4) is 0 Å². The molecule has 0 bridgehead atoms. The quantitative estimate of drug-likeness (QED) is 0.745. The molecule has 0 amide bonds. The van der Waals surface area contributed by atoms with E-state index in [4.69, 9.17) is 4.74 Å². The number of aryl methyl sites for hydroxylation is 1. The molecule has 1 unspecified atom stereocenters. The Balaban J connectivity index is 1.96. The molecule has 1 fully saturated rings. The molecule has 17 heavy (non-hydrogen) atoms. The maximum absolute atomic E-state index is 12.1. The van der Waals surface area contributed by atoms with Crippen LogP contribution in [0, 0.1) is 0 Å². The third kappa shape index (κ3) is 3.10. The van der Waals surface area contributed by atoms with Crippen LogP contribution in [0.15, 0.2) is 6.20 Å². The Labute approximate surface area is 100 Å². The fraction of sp³-hybridized carbons (Fsp3) is 0.727. The van der Waals surface area contributed by atoms with Gasteiger partial charge in [-0.3, -0.25) is 4.79 Å². The van der Waals surface area contributed by atoms with Crippen molar-refractivity contribution in [3.8, 4) is 0 Å². The molecule has 94 valence electrons. The van der Waals surface area contributed by atoms with Gasteiger partial charge in [-0.05, 0) is 6.42 Å². The third-order valence-electron chi connectivity index (χ3n) is 2.76. The van der Waals surface area contributed by atoms with E-state index in [-0.39, 0.29) is 11.9 Å². The van der Waals surface area contributed by atoms with Gasteiger partial charge in [-0.2, -0.15) is 0 Å². The fourth-order valence-electron chi connectivity index (χ4n) is 1.91. The van der Waals surface area contributed by atoms with Gasteiger partial charge in [0, 0.05) is 26.1 Å². The minimum atomic E-state index is -0.0266. The molecule has 1 atom stereocenters. The first-order chi connectivity index (χ1) is 8.31. The normalized spacial score (nSPS) is 20.4. The summed E-state index contributed by atoms with van der Waals surface area (Å²) in [6, 6.07) is 0. The van der Waals surface area contributed by atoms with Crippen molar-refractivity contribution in [2.24, 2.45) is 0 Å². The van der Waals surface area contributed by atoms with Crippen LogP contribution < -0.4 is 5.32 Å². The van der Waals surface area contributed by atoms with Crippen LogP contribution in [0.25, 0.3) is 0 Å². The summed E-state index contributed by atoms with van der Waals surface area (Å²) in [4.78, 5) is 12.1. The summed E-state index contributed by atoms with van der Waals surface area (Å²) in [5.41, 5.74) is 0.584. The number of nitrogens with one attached hydrogen (secondary N) is 1. The summed E-state index contributed by atoms with van der Waals surface area (Å²) < 4.78 is 7.18. The van der Waals surface area contributed by atoms with E-state index < -0.39 is 0 Å². The van der Waals surface area contributed by atoms with Crippen molar-refractivity contribution >= 4 is 5.78 Å². The van der Waals surface area contributed by atoms with Gasteiger partial charge < -0.3 is 10.1 Å². The van der Waals surface area contributed by atoms with Crippen LogP contribution in [-0.4, -0.2) is 46.6 Å². The average molecular weight is 238 g/mol. The first-order valence-electron chi connectivity index (χ1n) is 6.05. The second-order valence-electron chi connectivity index (χ2n) is 4.17. The van der Waals surface area contributed by atoms with Gasteiger partial charge in [-0.1, -0.05) is 12.1 Å². The maximum Gasteiger partial charge on any atom is 0.185 e. The molecule has 1 aliphatic heterocycles. The van der Waals surface area contributed by atoms with Crippen molar-refractivity contribution in [1.82, 2.24) is 20.3 Å². The van der Waals surface area contributed by atoms with Gasteiger partial charge in [0.15, 0.2) is 5.78 Å². The van der Waals surface area contributed by atoms with Crippen molar-refractivity contribution in [3.63, 3.8) is 0 Å². The average Bonchev–Trinajstić information content (AvgIpc) is 2.79. The lowest BCUT2D eigenvalue weighted by Gasteiger charge is -2.22. The van der Waals surface area contributed by atoms with Crippen molar-refractivity contribution < 1.29 is 9.53 Å². The predicted molar refractivity (Wildman–Crippen MR) is 61.9 cm³/mol. The zero-order chi connectivity index (χ0) is 12.1. The lowest BCUT2D eigenvalue weighted by atomic mass is 10.1. The Morgan fingerprint density at radius 3 is 3.29 bits per heavy atom. The minimum absolute atomic E-state index is 0.0266. The molecule has 1 aromatic heterocycles. The molecule has 0 radical (unpaired) electrons. The number of carbonyl (C=O) groups is 1. The van der Waals surface area contributed by atoms with E-state index in [1.807, 2.05) is 6.92 Å². The van der Waals surface area contributed by atoms with Crippen molar-refractivity contribution in [3.05, 3.63) is 11.9 Å². The van der Waals surface area contributed by atoms with Crippen LogP contribution in [0.4, 0.5) is 0 Å².